The molecule has 1 fully saturated rings. The molecule has 0 unspecified atom stereocenters. The van der Waals surface area contributed by atoms with Crippen molar-refractivity contribution in [2.75, 3.05) is 19.7 Å². The molecule has 3 N–H and O–H groups in total. The van der Waals surface area contributed by atoms with Gasteiger partial charge in [-0.25, -0.2) is 0 Å². The van der Waals surface area contributed by atoms with Crippen LogP contribution >= 0.6 is 0 Å². The van der Waals surface area contributed by atoms with Crippen molar-refractivity contribution in [3.8, 4) is 0 Å². The largest absolute Gasteiger partial charge is 0.367 e. The van der Waals surface area contributed by atoms with Gasteiger partial charge in [0.2, 0.25) is 5.91 Å². The maximum atomic E-state index is 12.2. The van der Waals surface area contributed by atoms with Crippen LogP contribution in [0.3, 0.4) is 0 Å². The number of aromatic amines is 1. The van der Waals surface area contributed by atoms with Gasteiger partial charge in [-0.1, -0.05) is 12.1 Å². The summed E-state index contributed by atoms with van der Waals surface area (Å²) in [7, 11) is 0. The molecule has 3 rings (SSSR count). The quantitative estimate of drug-likeness (QED) is 0.865. The fourth-order valence-electron chi connectivity index (χ4n) is 2.74. The summed E-state index contributed by atoms with van der Waals surface area (Å²) in [5, 5.41) is 1.000. The maximum absolute atomic E-state index is 12.2. The molecule has 0 aliphatic carbocycles. The van der Waals surface area contributed by atoms with E-state index in [2.05, 4.69) is 4.98 Å². The number of aromatic nitrogens is 1. The summed E-state index contributed by atoms with van der Waals surface area (Å²) in [6, 6.07) is 7.87. The van der Waals surface area contributed by atoms with E-state index in [0.29, 0.717) is 31.8 Å². The Morgan fingerprint density at radius 3 is 3.05 bits per heavy atom. The summed E-state index contributed by atoms with van der Waals surface area (Å²) < 4.78 is 5.32. The van der Waals surface area contributed by atoms with Crippen molar-refractivity contribution in [3.05, 3.63) is 45.7 Å². The van der Waals surface area contributed by atoms with E-state index in [0.717, 1.165) is 16.5 Å². The SMILES string of the molecule is Cc1ccc2cc(CN3CCO[C@H](C(N)=O)C3)c(=O)[nH]c2c1. The Morgan fingerprint density at radius 2 is 2.27 bits per heavy atom. The highest BCUT2D eigenvalue weighted by molar-refractivity contribution is 5.80. The van der Waals surface area contributed by atoms with Gasteiger partial charge in [-0.3, -0.25) is 14.5 Å². The summed E-state index contributed by atoms with van der Waals surface area (Å²) in [5.74, 6) is -0.465. The molecule has 1 atom stereocenters. The van der Waals surface area contributed by atoms with E-state index < -0.39 is 12.0 Å². The Kier molecular flexibility index (Phi) is 3.96. The number of nitrogens with two attached hydrogens (primary N) is 1. The van der Waals surface area contributed by atoms with Crippen molar-refractivity contribution in [1.29, 1.82) is 0 Å². The average Bonchev–Trinajstić information content (AvgIpc) is 2.48. The minimum Gasteiger partial charge on any atom is -0.367 e. The summed E-state index contributed by atoms with van der Waals surface area (Å²) in [6.07, 6.45) is -0.601. The van der Waals surface area contributed by atoms with E-state index in [9.17, 15) is 9.59 Å². The number of primary amides is 1. The zero-order valence-corrected chi connectivity index (χ0v) is 12.5. The van der Waals surface area contributed by atoms with Gasteiger partial charge in [0.1, 0.15) is 6.10 Å². The zero-order valence-electron chi connectivity index (χ0n) is 12.5. The molecule has 0 saturated carbocycles. The lowest BCUT2D eigenvalue weighted by Gasteiger charge is -2.31. The molecule has 2 heterocycles. The van der Waals surface area contributed by atoms with Gasteiger partial charge < -0.3 is 15.5 Å². The number of amides is 1. The van der Waals surface area contributed by atoms with Gasteiger partial charge in [-0.05, 0) is 30.0 Å². The van der Waals surface area contributed by atoms with E-state index in [4.69, 9.17) is 10.5 Å². The highest BCUT2D eigenvalue weighted by Gasteiger charge is 2.25. The molecule has 1 aliphatic heterocycles. The third-order valence-electron chi connectivity index (χ3n) is 3.94. The average molecular weight is 301 g/mol. The Labute approximate surface area is 127 Å². The van der Waals surface area contributed by atoms with Gasteiger partial charge in [-0.15, -0.1) is 0 Å². The molecular formula is C16H19N3O3. The van der Waals surface area contributed by atoms with Gasteiger partial charge in [0.15, 0.2) is 0 Å². The Morgan fingerprint density at radius 1 is 1.45 bits per heavy atom. The van der Waals surface area contributed by atoms with Crippen molar-refractivity contribution in [1.82, 2.24) is 9.88 Å². The second-order valence-corrected chi connectivity index (χ2v) is 5.71. The number of carbonyl (C=O) groups excluding carboxylic acids is 1. The van der Waals surface area contributed by atoms with Crippen LogP contribution in [0.5, 0.6) is 0 Å². The van der Waals surface area contributed by atoms with Crippen LogP contribution in [0.2, 0.25) is 0 Å². The third kappa shape index (κ3) is 3.03. The normalized spacial score (nSPS) is 19.4. The van der Waals surface area contributed by atoms with E-state index in [1.807, 2.05) is 36.1 Å². The highest BCUT2D eigenvalue weighted by atomic mass is 16.5. The second kappa shape index (κ2) is 5.90. The fraction of sp³-hybridized carbons (Fsp3) is 0.375. The van der Waals surface area contributed by atoms with Gasteiger partial charge in [0.25, 0.3) is 5.56 Å². The van der Waals surface area contributed by atoms with E-state index >= 15 is 0 Å². The first-order valence-electron chi connectivity index (χ1n) is 7.29. The first-order chi connectivity index (χ1) is 10.5. The predicted molar refractivity (Wildman–Crippen MR) is 83.5 cm³/mol. The molecule has 2 aromatic rings. The van der Waals surface area contributed by atoms with Crippen LogP contribution in [0, 0.1) is 6.92 Å². The first-order valence-corrected chi connectivity index (χ1v) is 7.29. The van der Waals surface area contributed by atoms with Crippen LogP contribution in [0.25, 0.3) is 10.9 Å². The van der Waals surface area contributed by atoms with Crippen molar-refractivity contribution in [3.63, 3.8) is 0 Å². The van der Waals surface area contributed by atoms with Crippen molar-refractivity contribution < 1.29 is 9.53 Å². The number of benzene rings is 1. The molecule has 0 radical (unpaired) electrons. The van der Waals surface area contributed by atoms with Crippen molar-refractivity contribution in [2.24, 2.45) is 5.73 Å². The number of nitrogens with zero attached hydrogens (tertiary/aromatic N) is 1. The van der Waals surface area contributed by atoms with Crippen molar-refractivity contribution in [2.45, 2.75) is 19.6 Å². The second-order valence-electron chi connectivity index (χ2n) is 5.71. The molecule has 0 bridgehead atoms. The molecule has 1 saturated heterocycles. The van der Waals surface area contributed by atoms with Crippen LogP contribution in [0.4, 0.5) is 0 Å². The van der Waals surface area contributed by atoms with Gasteiger partial charge in [0.05, 0.1) is 6.61 Å². The topological polar surface area (TPSA) is 88.4 Å². The predicted octanol–water partition coefficient (Wildman–Crippen LogP) is 0.523. The smallest absolute Gasteiger partial charge is 0.252 e. The van der Waals surface area contributed by atoms with Crippen LogP contribution < -0.4 is 11.3 Å². The van der Waals surface area contributed by atoms with E-state index in [-0.39, 0.29) is 5.56 Å². The van der Waals surface area contributed by atoms with E-state index in [1.165, 1.54) is 0 Å². The number of rotatable bonds is 3. The van der Waals surface area contributed by atoms with Crippen LogP contribution in [-0.4, -0.2) is 41.6 Å². The Hall–Kier alpha value is -2.18. The monoisotopic (exact) mass is 301 g/mol. The fourth-order valence-corrected chi connectivity index (χ4v) is 2.74. The molecular weight excluding hydrogens is 282 g/mol. The summed E-state index contributed by atoms with van der Waals surface area (Å²) in [6.45, 7) is 4.00. The summed E-state index contributed by atoms with van der Waals surface area (Å²) >= 11 is 0. The Bertz CT molecular complexity index is 769. The number of H-pyrrole nitrogens is 1. The molecule has 6 nitrogen and oxygen atoms in total. The number of hydrogen-bond donors (Lipinski definition) is 2. The number of aryl methyl sites for hydroxylation is 1. The molecule has 116 valence electrons. The maximum Gasteiger partial charge on any atom is 0.252 e. The minimum atomic E-state index is -0.601. The lowest BCUT2D eigenvalue weighted by Crippen LogP contribution is -2.48. The van der Waals surface area contributed by atoms with Crippen molar-refractivity contribution >= 4 is 16.8 Å². The minimum absolute atomic E-state index is 0.0970. The highest BCUT2D eigenvalue weighted by Crippen LogP contribution is 2.15. The molecule has 1 aromatic carbocycles. The number of carbonyl (C=O) groups is 1. The molecule has 6 heteroatoms. The molecule has 1 aromatic heterocycles. The van der Waals surface area contributed by atoms with Crippen LogP contribution in [0.1, 0.15) is 11.1 Å². The zero-order chi connectivity index (χ0) is 15.7. The van der Waals surface area contributed by atoms with Gasteiger partial charge in [0, 0.05) is 30.7 Å². The summed E-state index contributed by atoms with van der Waals surface area (Å²) in [4.78, 5) is 28.4. The van der Waals surface area contributed by atoms with Crippen LogP contribution in [-0.2, 0) is 16.1 Å². The third-order valence-corrected chi connectivity index (χ3v) is 3.94. The van der Waals surface area contributed by atoms with E-state index in [1.54, 1.807) is 0 Å². The van der Waals surface area contributed by atoms with Gasteiger partial charge in [-0.2, -0.15) is 0 Å². The number of pyridine rings is 1. The number of morpholine rings is 1. The number of fused-ring (bicyclic) bond motifs is 1. The standard InChI is InChI=1S/C16H19N3O3/c1-10-2-3-11-7-12(16(21)18-13(11)6-10)8-19-4-5-22-14(9-19)15(17)20/h2-3,6-7,14H,4-5,8-9H2,1H3,(H2,17,20)(H,18,21)/t14-/m0/s1. The molecule has 0 spiro atoms. The lowest BCUT2D eigenvalue weighted by molar-refractivity contribution is -0.135. The van der Waals surface area contributed by atoms with Crippen LogP contribution in [0.15, 0.2) is 29.1 Å². The summed E-state index contributed by atoms with van der Waals surface area (Å²) in [5.41, 5.74) is 7.81. The number of nitrogens with one attached hydrogen (secondary N) is 1. The Balaban J connectivity index is 1.84. The molecule has 1 amide bonds. The molecule has 1 aliphatic rings. The molecule has 22 heavy (non-hydrogen) atoms. The van der Waals surface area contributed by atoms with Gasteiger partial charge >= 0.3 is 0 Å². The number of hydrogen-bond acceptors (Lipinski definition) is 4. The first kappa shape index (κ1) is 14.7. The number of ether oxygens (including phenoxy) is 1. The lowest BCUT2D eigenvalue weighted by atomic mass is 10.1.